The fraction of sp³-hybridized carbons (Fsp3) is 0. The molecule has 1 aromatic carbocycles. The van der Waals surface area contributed by atoms with E-state index < -0.39 is 17.7 Å². The van der Waals surface area contributed by atoms with Gasteiger partial charge in [-0.3, -0.25) is 9.89 Å². The minimum absolute atomic E-state index is 0.0169. The highest BCUT2D eigenvalue weighted by molar-refractivity contribution is 6.30. The lowest BCUT2D eigenvalue weighted by molar-refractivity contribution is 0.0690. The average Bonchev–Trinajstić information content (AvgIpc) is 2.77. The Hall–Kier alpha value is -2.41. The summed E-state index contributed by atoms with van der Waals surface area (Å²) < 4.78 is 13.5. The predicted molar refractivity (Wildman–Crippen MR) is 64.9 cm³/mol. The Labute approximate surface area is 111 Å². The number of H-pyrrole nitrogens is 1. The van der Waals surface area contributed by atoms with Crippen LogP contribution in [0, 0.1) is 5.82 Å². The van der Waals surface area contributed by atoms with Gasteiger partial charge in [0.2, 0.25) is 0 Å². The number of nitrogens with zero attached hydrogens (tertiary/aromatic N) is 1. The number of halogens is 2. The third-order valence-electron chi connectivity index (χ3n) is 2.23. The molecule has 3 N–H and O–H groups in total. The molecule has 19 heavy (non-hydrogen) atoms. The van der Waals surface area contributed by atoms with Crippen LogP contribution in [0.5, 0.6) is 0 Å². The number of carbonyl (C=O) groups is 2. The number of hydrogen-bond acceptors (Lipinski definition) is 3. The lowest BCUT2D eigenvalue weighted by Crippen LogP contribution is -2.14. The van der Waals surface area contributed by atoms with Gasteiger partial charge in [0.25, 0.3) is 5.91 Å². The molecular weight excluding hydrogens is 277 g/mol. The minimum atomic E-state index is -1.22. The van der Waals surface area contributed by atoms with Crippen LogP contribution in [0.1, 0.15) is 20.8 Å². The van der Waals surface area contributed by atoms with Crippen molar-refractivity contribution in [3.63, 3.8) is 0 Å². The van der Waals surface area contributed by atoms with E-state index in [0.29, 0.717) is 0 Å². The van der Waals surface area contributed by atoms with Gasteiger partial charge in [-0.2, -0.15) is 5.10 Å². The van der Waals surface area contributed by atoms with Crippen molar-refractivity contribution in [1.82, 2.24) is 10.2 Å². The van der Waals surface area contributed by atoms with Crippen molar-refractivity contribution in [2.24, 2.45) is 0 Å². The van der Waals surface area contributed by atoms with E-state index in [-0.39, 0.29) is 22.1 Å². The summed E-state index contributed by atoms with van der Waals surface area (Å²) in [5, 5.41) is 16.9. The molecule has 1 aromatic heterocycles. The standard InChI is InChI=1S/C11H7ClFN3O3/c12-5-1-2-6(7(13)3-5)10(17)14-9-4-8(11(18)19)15-16-9/h1-4H,(H,18,19)(H2,14,15,16,17). The Kier molecular flexibility index (Phi) is 3.48. The topological polar surface area (TPSA) is 95.1 Å². The van der Waals surface area contributed by atoms with Gasteiger partial charge in [0.15, 0.2) is 5.82 Å². The maximum Gasteiger partial charge on any atom is 0.353 e. The molecule has 0 saturated heterocycles. The van der Waals surface area contributed by atoms with Crippen molar-refractivity contribution in [1.29, 1.82) is 0 Å². The van der Waals surface area contributed by atoms with Gasteiger partial charge in [0.1, 0.15) is 11.5 Å². The van der Waals surface area contributed by atoms with Crippen LogP contribution in [-0.4, -0.2) is 27.2 Å². The Morgan fingerprint density at radius 2 is 2.11 bits per heavy atom. The first kappa shape index (κ1) is 13.0. The zero-order chi connectivity index (χ0) is 14.0. The quantitative estimate of drug-likeness (QED) is 0.804. The van der Waals surface area contributed by atoms with Crippen LogP contribution in [-0.2, 0) is 0 Å². The molecule has 1 heterocycles. The van der Waals surface area contributed by atoms with E-state index in [4.69, 9.17) is 16.7 Å². The number of rotatable bonds is 3. The van der Waals surface area contributed by atoms with Crippen molar-refractivity contribution >= 4 is 29.3 Å². The van der Waals surface area contributed by atoms with Crippen molar-refractivity contribution in [3.05, 3.63) is 46.4 Å². The first-order chi connectivity index (χ1) is 8.97. The van der Waals surface area contributed by atoms with Gasteiger partial charge >= 0.3 is 5.97 Å². The van der Waals surface area contributed by atoms with Crippen LogP contribution in [0.4, 0.5) is 10.2 Å². The van der Waals surface area contributed by atoms with E-state index in [1.807, 2.05) is 0 Å². The highest BCUT2D eigenvalue weighted by Crippen LogP contribution is 2.16. The van der Waals surface area contributed by atoms with Gasteiger partial charge in [-0.25, -0.2) is 9.18 Å². The third-order valence-corrected chi connectivity index (χ3v) is 2.46. The molecule has 0 bridgehead atoms. The molecule has 1 amide bonds. The van der Waals surface area contributed by atoms with Gasteiger partial charge in [-0.05, 0) is 18.2 Å². The van der Waals surface area contributed by atoms with Crippen molar-refractivity contribution in [2.45, 2.75) is 0 Å². The summed E-state index contributed by atoms with van der Waals surface area (Å²) in [4.78, 5) is 22.3. The smallest absolute Gasteiger partial charge is 0.353 e. The molecule has 0 unspecified atom stereocenters. The molecule has 0 spiro atoms. The van der Waals surface area contributed by atoms with E-state index in [0.717, 1.165) is 12.1 Å². The summed E-state index contributed by atoms with van der Waals surface area (Å²) in [5.41, 5.74) is -0.406. The molecule has 6 nitrogen and oxygen atoms in total. The fourth-order valence-electron chi connectivity index (χ4n) is 1.35. The summed E-state index contributed by atoms with van der Waals surface area (Å²) in [6.45, 7) is 0. The third kappa shape index (κ3) is 2.89. The number of carbonyl (C=O) groups excluding carboxylic acids is 1. The van der Waals surface area contributed by atoms with Crippen LogP contribution in [0.3, 0.4) is 0 Å². The largest absolute Gasteiger partial charge is 0.477 e. The number of carboxylic acid groups (broad SMARTS) is 1. The average molecular weight is 284 g/mol. The first-order valence-electron chi connectivity index (χ1n) is 5.02. The first-order valence-corrected chi connectivity index (χ1v) is 5.40. The molecule has 0 radical (unpaired) electrons. The maximum absolute atomic E-state index is 13.5. The van der Waals surface area contributed by atoms with Gasteiger partial charge in [-0.1, -0.05) is 11.6 Å². The summed E-state index contributed by atoms with van der Waals surface area (Å²) in [6.07, 6.45) is 0. The number of carboxylic acids is 1. The van der Waals surface area contributed by atoms with E-state index in [1.165, 1.54) is 12.1 Å². The molecule has 0 aliphatic rings. The molecule has 98 valence electrons. The summed E-state index contributed by atoms with van der Waals surface area (Å²) in [7, 11) is 0. The zero-order valence-electron chi connectivity index (χ0n) is 9.28. The van der Waals surface area contributed by atoms with Crippen LogP contribution >= 0.6 is 11.6 Å². The molecular formula is C11H7ClFN3O3. The van der Waals surface area contributed by atoms with E-state index in [1.54, 1.807) is 0 Å². The predicted octanol–water partition coefficient (Wildman–Crippen LogP) is 2.15. The molecule has 0 aliphatic carbocycles. The summed E-state index contributed by atoms with van der Waals surface area (Å²) in [6, 6.07) is 4.71. The summed E-state index contributed by atoms with van der Waals surface area (Å²) >= 11 is 5.57. The zero-order valence-corrected chi connectivity index (χ0v) is 10.0. The van der Waals surface area contributed by atoms with Crippen molar-refractivity contribution in [2.75, 3.05) is 5.32 Å². The second-order valence-electron chi connectivity index (χ2n) is 3.55. The monoisotopic (exact) mass is 283 g/mol. The number of anilines is 1. The van der Waals surface area contributed by atoms with Gasteiger partial charge in [0.05, 0.1) is 5.56 Å². The lowest BCUT2D eigenvalue weighted by Gasteiger charge is -2.03. The van der Waals surface area contributed by atoms with E-state index in [9.17, 15) is 14.0 Å². The number of nitrogens with one attached hydrogen (secondary N) is 2. The number of amides is 1. The van der Waals surface area contributed by atoms with Gasteiger partial charge in [0, 0.05) is 11.1 Å². The molecule has 8 heteroatoms. The summed E-state index contributed by atoms with van der Waals surface area (Å²) in [5.74, 6) is -2.76. The molecule has 2 rings (SSSR count). The van der Waals surface area contributed by atoms with Crippen LogP contribution in [0.15, 0.2) is 24.3 Å². The van der Waals surface area contributed by atoms with Crippen LogP contribution in [0.2, 0.25) is 5.02 Å². The van der Waals surface area contributed by atoms with E-state index in [2.05, 4.69) is 15.5 Å². The number of benzene rings is 1. The maximum atomic E-state index is 13.5. The van der Waals surface area contributed by atoms with Crippen molar-refractivity contribution in [3.8, 4) is 0 Å². The van der Waals surface area contributed by atoms with Crippen molar-refractivity contribution < 1.29 is 19.1 Å². The van der Waals surface area contributed by atoms with E-state index >= 15 is 0 Å². The highest BCUT2D eigenvalue weighted by atomic mass is 35.5. The molecule has 0 aliphatic heterocycles. The molecule has 0 fully saturated rings. The lowest BCUT2D eigenvalue weighted by atomic mass is 10.2. The fourth-order valence-corrected chi connectivity index (χ4v) is 1.51. The SMILES string of the molecule is O=C(O)c1cc(NC(=O)c2ccc(Cl)cc2F)n[nH]1. The van der Waals surface area contributed by atoms with Crippen LogP contribution in [0.25, 0.3) is 0 Å². The molecule has 2 aromatic rings. The minimum Gasteiger partial charge on any atom is -0.477 e. The highest BCUT2D eigenvalue weighted by Gasteiger charge is 2.14. The Bertz CT molecular complexity index is 656. The number of aromatic nitrogens is 2. The number of aromatic amines is 1. The van der Waals surface area contributed by atoms with Gasteiger partial charge < -0.3 is 10.4 Å². The normalized spacial score (nSPS) is 10.2. The Morgan fingerprint density at radius 3 is 2.68 bits per heavy atom. The Balaban J connectivity index is 2.18. The number of aromatic carboxylic acids is 1. The van der Waals surface area contributed by atoms with Gasteiger partial charge in [-0.15, -0.1) is 0 Å². The molecule has 0 saturated carbocycles. The second kappa shape index (κ2) is 5.07. The number of hydrogen-bond donors (Lipinski definition) is 3. The molecule has 0 atom stereocenters. The van der Waals surface area contributed by atoms with Crippen LogP contribution < -0.4 is 5.32 Å². The second-order valence-corrected chi connectivity index (χ2v) is 3.99. The Morgan fingerprint density at radius 1 is 1.37 bits per heavy atom.